The Morgan fingerprint density at radius 2 is 2.15 bits per heavy atom. The summed E-state index contributed by atoms with van der Waals surface area (Å²) in [6.07, 6.45) is 2.27. The Hall–Kier alpha value is -3.50. The number of nitrogens with zero attached hydrogens (tertiary/aromatic N) is 4. The van der Waals surface area contributed by atoms with E-state index < -0.39 is 0 Å². The highest BCUT2D eigenvalue weighted by Gasteiger charge is 2.26. The molecule has 10 heteroatoms. The van der Waals surface area contributed by atoms with Gasteiger partial charge in [-0.2, -0.15) is 0 Å². The Balaban J connectivity index is 1.65. The molecule has 1 atom stereocenters. The summed E-state index contributed by atoms with van der Waals surface area (Å²) in [6.45, 7) is 4.60. The number of rotatable bonds is 7. The Morgan fingerprint density at radius 3 is 2.91 bits per heavy atom. The summed E-state index contributed by atoms with van der Waals surface area (Å²) in [7, 11) is 1.64. The van der Waals surface area contributed by atoms with Gasteiger partial charge in [0.25, 0.3) is 11.8 Å². The van der Waals surface area contributed by atoms with Crippen molar-refractivity contribution in [3.8, 4) is 0 Å². The van der Waals surface area contributed by atoms with E-state index in [0.717, 1.165) is 0 Å². The maximum atomic E-state index is 13.0. The molecule has 4 rings (SSSR count). The van der Waals surface area contributed by atoms with Gasteiger partial charge in [0.2, 0.25) is 5.95 Å². The van der Waals surface area contributed by atoms with E-state index in [1.54, 1.807) is 48.5 Å². The summed E-state index contributed by atoms with van der Waals surface area (Å²) < 4.78 is 12.4. The van der Waals surface area contributed by atoms with Gasteiger partial charge in [0.15, 0.2) is 5.65 Å². The average Bonchev–Trinajstić information content (AvgIpc) is 3.15. The topological polar surface area (TPSA) is 125 Å². The number of morpholine rings is 1. The van der Waals surface area contributed by atoms with Crippen molar-refractivity contribution in [3.63, 3.8) is 0 Å². The summed E-state index contributed by atoms with van der Waals surface area (Å²) in [5.74, 6) is -0.0890. The molecule has 0 spiro atoms. The number of hydrogen-bond donors (Lipinski definition) is 2. The first-order valence-corrected chi connectivity index (χ1v) is 10.9. The number of ether oxygens (including phenoxy) is 2. The number of hydrogen-bond acceptors (Lipinski definition) is 7. The molecule has 1 saturated heterocycles. The largest absolute Gasteiger partial charge is 0.399 e. The van der Waals surface area contributed by atoms with Crippen LogP contribution in [-0.4, -0.2) is 70.8 Å². The van der Waals surface area contributed by atoms with E-state index >= 15 is 0 Å². The number of fused-ring (bicyclic) bond motifs is 1. The number of nitrogens with two attached hydrogens (primary N) is 1. The number of nitrogen functional groups attached to an aromatic ring is 1. The molecule has 3 N–H and O–H groups in total. The minimum atomic E-state index is -0.330. The summed E-state index contributed by atoms with van der Waals surface area (Å²) in [6, 6.07) is 8.43. The predicted molar refractivity (Wildman–Crippen MR) is 124 cm³/mol. The third-order valence-electron chi connectivity index (χ3n) is 5.56. The molecule has 174 valence electrons. The summed E-state index contributed by atoms with van der Waals surface area (Å²) >= 11 is 0. The minimum Gasteiger partial charge on any atom is -0.399 e. The van der Waals surface area contributed by atoms with Gasteiger partial charge in [-0.3, -0.25) is 19.5 Å². The first kappa shape index (κ1) is 22.7. The molecule has 1 aromatic carbocycles. The standard InChI is InChI=1S/C23H28N6O4/c1-15-14-33-10-8-28(15)22(31)17-12-19-20(25-13-17)29(7-4-9-32-2)23(26-19)27-21(30)16-5-3-6-18(24)11-16/h3,5-6,11-13,15H,4,7-10,14,24H2,1-2H3,(H,26,27,30)/t15-/m0/s1. The zero-order chi connectivity index (χ0) is 23.4. The molecule has 0 aliphatic carbocycles. The molecule has 1 fully saturated rings. The molecule has 3 aromatic rings. The average molecular weight is 453 g/mol. The normalized spacial score (nSPS) is 16.2. The number of carbonyl (C=O) groups excluding carboxylic acids is 2. The summed E-state index contributed by atoms with van der Waals surface area (Å²) in [4.78, 5) is 36.7. The van der Waals surface area contributed by atoms with E-state index in [9.17, 15) is 9.59 Å². The maximum Gasteiger partial charge on any atom is 0.258 e. The van der Waals surface area contributed by atoms with Crippen LogP contribution in [0.3, 0.4) is 0 Å². The molecule has 33 heavy (non-hydrogen) atoms. The van der Waals surface area contributed by atoms with Gasteiger partial charge in [0, 0.05) is 44.3 Å². The molecule has 0 saturated carbocycles. The first-order valence-electron chi connectivity index (χ1n) is 10.9. The maximum absolute atomic E-state index is 13.0. The third kappa shape index (κ3) is 4.96. The highest BCUT2D eigenvalue weighted by molar-refractivity contribution is 6.04. The lowest BCUT2D eigenvalue weighted by molar-refractivity contribution is 0.00358. The Morgan fingerprint density at radius 1 is 1.30 bits per heavy atom. The smallest absolute Gasteiger partial charge is 0.258 e. The Labute approximate surface area is 191 Å². The molecule has 0 unspecified atom stereocenters. The minimum absolute atomic E-state index is 0.0123. The van der Waals surface area contributed by atoms with Crippen LogP contribution in [0.2, 0.25) is 0 Å². The van der Waals surface area contributed by atoms with Crippen LogP contribution < -0.4 is 11.1 Å². The van der Waals surface area contributed by atoms with Gasteiger partial charge in [-0.15, -0.1) is 0 Å². The lowest BCUT2D eigenvalue weighted by Crippen LogP contribution is -2.47. The van der Waals surface area contributed by atoms with Crippen molar-refractivity contribution in [2.24, 2.45) is 0 Å². The first-order chi connectivity index (χ1) is 16.0. The second kappa shape index (κ2) is 9.97. The van der Waals surface area contributed by atoms with Crippen LogP contribution >= 0.6 is 0 Å². The number of aryl methyl sites for hydroxylation is 1. The number of anilines is 2. The highest BCUT2D eigenvalue weighted by atomic mass is 16.5. The highest BCUT2D eigenvalue weighted by Crippen LogP contribution is 2.22. The number of amides is 2. The molecule has 0 bridgehead atoms. The third-order valence-corrected chi connectivity index (χ3v) is 5.56. The van der Waals surface area contributed by atoms with Gasteiger partial charge < -0.3 is 20.1 Å². The van der Waals surface area contributed by atoms with Gasteiger partial charge in [0.05, 0.1) is 24.8 Å². The van der Waals surface area contributed by atoms with Crippen molar-refractivity contribution >= 4 is 34.6 Å². The number of aromatic nitrogens is 3. The second-order valence-electron chi connectivity index (χ2n) is 8.00. The monoisotopic (exact) mass is 452 g/mol. The van der Waals surface area contributed by atoms with Crippen LogP contribution in [0.15, 0.2) is 36.5 Å². The van der Waals surface area contributed by atoms with Crippen LogP contribution in [-0.2, 0) is 16.0 Å². The van der Waals surface area contributed by atoms with Crippen LogP contribution in [0.25, 0.3) is 11.2 Å². The summed E-state index contributed by atoms with van der Waals surface area (Å²) in [5.41, 5.74) is 8.30. The van der Waals surface area contributed by atoms with E-state index in [2.05, 4.69) is 15.3 Å². The van der Waals surface area contributed by atoms with E-state index in [4.69, 9.17) is 15.2 Å². The van der Waals surface area contributed by atoms with Crippen molar-refractivity contribution in [3.05, 3.63) is 47.7 Å². The number of pyridine rings is 1. The van der Waals surface area contributed by atoms with Crippen molar-refractivity contribution in [2.45, 2.75) is 25.9 Å². The number of benzene rings is 1. The number of methoxy groups -OCH3 is 1. The van der Waals surface area contributed by atoms with Gasteiger partial charge in [-0.05, 0) is 37.6 Å². The molecule has 0 radical (unpaired) electrons. The molecular weight excluding hydrogens is 424 g/mol. The molecule has 10 nitrogen and oxygen atoms in total. The van der Waals surface area contributed by atoms with Crippen molar-refractivity contribution < 1.29 is 19.1 Å². The molecular formula is C23H28N6O4. The Bertz CT molecular complexity index is 1160. The molecule has 1 aliphatic rings. The van der Waals surface area contributed by atoms with Crippen molar-refractivity contribution in [1.82, 2.24) is 19.4 Å². The van der Waals surface area contributed by atoms with E-state index in [0.29, 0.717) is 73.3 Å². The lowest BCUT2D eigenvalue weighted by atomic mass is 10.2. The van der Waals surface area contributed by atoms with Gasteiger partial charge in [0.1, 0.15) is 5.52 Å². The SMILES string of the molecule is COCCCn1c(NC(=O)c2cccc(N)c2)nc2cc(C(=O)N3CCOC[C@@H]3C)cnc21. The van der Waals surface area contributed by atoms with Crippen LogP contribution in [0, 0.1) is 0 Å². The molecule has 1 aliphatic heterocycles. The van der Waals surface area contributed by atoms with Gasteiger partial charge in [-0.1, -0.05) is 6.07 Å². The van der Waals surface area contributed by atoms with Crippen molar-refractivity contribution in [1.29, 1.82) is 0 Å². The van der Waals surface area contributed by atoms with Crippen LogP contribution in [0.4, 0.5) is 11.6 Å². The van der Waals surface area contributed by atoms with Crippen LogP contribution in [0.5, 0.6) is 0 Å². The lowest BCUT2D eigenvalue weighted by Gasteiger charge is -2.33. The molecule has 3 heterocycles. The molecule has 2 amide bonds. The summed E-state index contributed by atoms with van der Waals surface area (Å²) in [5, 5.41) is 2.85. The number of imidazole rings is 1. The number of nitrogens with one attached hydrogen (secondary N) is 1. The fraction of sp³-hybridized carbons (Fsp3) is 0.391. The zero-order valence-corrected chi connectivity index (χ0v) is 18.8. The van der Waals surface area contributed by atoms with E-state index in [-0.39, 0.29) is 17.9 Å². The zero-order valence-electron chi connectivity index (χ0n) is 18.8. The van der Waals surface area contributed by atoms with E-state index in [1.807, 2.05) is 11.5 Å². The fourth-order valence-corrected chi connectivity index (χ4v) is 3.85. The van der Waals surface area contributed by atoms with Crippen molar-refractivity contribution in [2.75, 3.05) is 44.5 Å². The van der Waals surface area contributed by atoms with Gasteiger partial charge in [-0.25, -0.2) is 9.97 Å². The quantitative estimate of drug-likeness (QED) is 0.416. The van der Waals surface area contributed by atoms with Gasteiger partial charge >= 0.3 is 0 Å². The van der Waals surface area contributed by atoms with Crippen LogP contribution in [0.1, 0.15) is 34.1 Å². The van der Waals surface area contributed by atoms with E-state index in [1.165, 1.54) is 0 Å². The Kier molecular flexibility index (Phi) is 6.85. The molecule has 2 aromatic heterocycles. The number of carbonyl (C=O) groups is 2. The predicted octanol–water partition coefficient (Wildman–Crippen LogP) is 2.16. The second-order valence-corrected chi connectivity index (χ2v) is 8.00. The fourth-order valence-electron chi connectivity index (χ4n) is 3.85.